The first-order chi connectivity index (χ1) is 7.94. The molecule has 17 heavy (non-hydrogen) atoms. The summed E-state index contributed by atoms with van der Waals surface area (Å²) >= 11 is 3.46. The highest BCUT2D eigenvalue weighted by atomic mass is 79.9. The molecule has 2 rings (SSSR count). The maximum absolute atomic E-state index is 9.82. The fraction of sp³-hybridized carbons (Fsp3) is 0.571. The van der Waals surface area contributed by atoms with Gasteiger partial charge in [0.2, 0.25) is 0 Å². The predicted molar refractivity (Wildman–Crippen MR) is 74.2 cm³/mol. The van der Waals surface area contributed by atoms with E-state index in [1.165, 1.54) is 12.0 Å². The molecule has 0 spiro atoms. The molecule has 1 saturated heterocycles. The summed E-state index contributed by atoms with van der Waals surface area (Å²) in [4.78, 5) is 2.35. The normalized spacial score (nSPS) is 22.0. The molecule has 0 saturated carbocycles. The molecule has 1 aliphatic rings. The van der Waals surface area contributed by atoms with Crippen molar-refractivity contribution in [2.45, 2.75) is 31.8 Å². The van der Waals surface area contributed by atoms with Crippen molar-refractivity contribution in [3.63, 3.8) is 0 Å². The van der Waals surface area contributed by atoms with E-state index in [2.05, 4.69) is 45.1 Å². The molecule has 1 heterocycles. The summed E-state index contributed by atoms with van der Waals surface area (Å²) in [6, 6.07) is 8.60. The van der Waals surface area contributed by atoms with Gasteiger partial charge in [-0.15, -0.1) is 0 Å². The first-order valence-corrected chi connectivity index (χ1v) is 6.93. The zero-order chi connectivity index (χ0) is 12.5. The van der Waals surface area contributed by atoms with Gasteiger partial charge in [0.05, 0.1) is 5.60 Å². The standard InChI is InChI=1S/C14H20BrNO/c1-14(2,17)10-16-8-7-12(9-16)11-3-5-13(15)6-4-11/h3-6,12,17H,7-10H2,1-2H3. The van der Waals surface area contributed by atoms with Gasteiger partial charge in [-0.25, -0.2) is 0 Å². The maximum atomic E-state index is 9.82. The van der Waals surface area contributed by atoms with Gasteiger partial charge >= 0.3 is 0 Å². The molecule has 1 aromatic rings. The first-order valence-electron chi connectivity index (χ1n) is 6.14. The summed E-state index contributed by atoms with van der Waals surface area (Å²) in [6.45, 7) is 6.66. The minimum absolute atomic E-state index is 0.589. The van der Waals surface area contributed by atoms with E-state index < -0.39 is 5.60 Å². The highest BCUT2D eigenvalue weighted by Gasteiger charge is 2.27. The Kier molecular flexibility index (Phi) is 3.91. The number of β-amino-alcohol motifs (C(OH)–C–C–N with tert-alkyl or cyclic N) is 1. The smallest absolute Gasteiger partial charge is 0.0718 e. The second-order valence-corrected chi connectivity index (χ2v) is 6.50. The van der Waals surface area contributed by atoms with Gasteiger partial charge in [0.15, 0.2) is 0 Å². The van der Waals surface area contributed by atoms with E-state index in [-0.39, 0.29) is 0 Å². The Morgan fingerprint density at radius 1 is 1.35 bits per heavy atom. The lowest BCUT2D eigenvalue weighted by atomic mass is 9.99. The molecule has 3 heteroatoms. The number of benzene rings is 1. The predicted octanol–water partition coefficient (Wildman–Crippen LogP) is 3.01. The number of likely N-dealkylation sites (tertiary alicyclic amines) is 1. The van der Waals surface area contributed by atoms with Gasteiger partial charge in [-0.05, 0) is 50.4 Å². The van der Waals surface area contributed by atoms with Crippen molar-refractivity contribution in [3.05, 3.63) is 34.3 Å². The van der Waals surface area contributed by atoms with E-state index >= 15 is 0 Å². The number of nitrogens with zero attached hydrogens (tertiary/aromatic N) is 1. The van der Waals surface area contributed by atoms with Crippen LogP contribution < -0.4 is 0 Å². The molecule has 0 radical (unpaired) electrons. The highest BCUT2D eigenvalue weighted by Crippen LogP contribution is 2.28. The molecule has 94 valence electrons. The molecule has 2 nitrogen and oxygen atoms in total. The highest BCUT2D eigenvalue weighted by molar-refractivity contribution is 9.10. The van der Waals surface area contributed by atoms with Crippen molar-refractivity contribution in [1.29, 1.82) is 0 Å². The first kappa shape index (κ1) is 13.1. The Morgan fingerprint density at radius 3 is 2.59 bits per heavy atom. The van der Waals surface area contributed by atoms with Crippen molar-refractivity contribution in [2.75, 3.05) is 19.6 Å². The van der Waals surface area contributed by atoms with Crippen LogP contribution in [0.2, 0.25) is 0 Å². The molecule has 1 atom stereocenters. The van der Waals surface area contributed by atoms with E-state index in [1.807, 2.05) is 13.8 Å². The van der Waals surface area contributed by atoms with Crippen LogP contribution in [0.1, 0.15) is 31.7 Å². The molecule has 1 unspecified atom stereocenters. The fourth-order valence-electron chi connectivity index (χ4n) is 2.53. The van der Waals surface area contributed by atoms with Crippen molar-refractivity contribution >= 4 is 15.9 Å². The Balaban J connectivity index is 1.96. The zero-order valence-electron chi connectivity index (χ0n) is 10.5. The Hall–Kier alpha value is -0.380. The van der Waals surface area contributed by atoms with Crippen molar-refractivity contribution < 1.29 is 5.11 Å². The zero-order valence-corrected chi connectivity index (χ0v) is 12.1. The van der Waals surface area contributed by atoms with Gasteiger partial charge in [-0.2, -0.15) is 0 Å². The number of hydrogen-bond donors (Lipinski definition) is 1. The molecule has 1 fully saturated rings. The van der Waals surface area contributed by atoms with Gasteiger partial charge in [0.1, 0.15) is 0 Å². The van der Waals surface area contributed by atoms with Crippen LogP contribution in [0.3, 0.4) is 0 Å². The molecular formula is C14H20BrNO. The van der Waals surface area contributed by atoms with Crippen LogP contribution in [0.15, 0.2) is 28.7 Å². The maximum Gasteiger partial charge on any atom is 0.0718 e. The topological polar surface area (TPSA) is 23.5 Å². The Bertz CT molecular complexity index is 369. The lowest BCUT2D eigenvalue weighted by Crippen LogP contribution is -2.37. The molecule has 1 aromatic carbocycles. The van der Waals surface area contributed by atoms with Crippen LogP contribution >= 0.6 is 15.9 Å². The van der Waals surface area contributed by atoms with Crippen molar-refractivity contribution in [3.8, 4) is 0 Å². The second-order valence-electron chi connectivity index (χ2n) is 5.58. The van der Waals surface area contributed by atoms with Gasteiger partial charge in [-0.1, -0.05) is 28.1 Å². The SMILES string of the molecule is CC(C)(O)CN1CCC(c2ccc(Br)cc2)C1. The van der Waals surface area contributed by atoms with Crippen molar-refractivity contribution in [2.24, 2.45) is 0 Å². The van der Waals surface area contributed by atoms with E-state index in [0.29, 0.717) is 5.92 Å². The molecular weight excluding hydrogens is 278 g/mol. The average Bonchev–Trinajstić information content (AvgIpc) is 2.64. The quantitative estimate of drug-likeness (QED) is 0.927. The van der Waals surface area contributed by atoms with Crippen LogP contribution in [0.25, 0.3) is 0 Å². The Morgan fingerprint density at radius 2 is 2.00 bits per heavy atom. The number of halogens is 1. The number of aliphatic hydroxyl groups is 1. The van der Waals surface area contributed by atoms with Gasteiger partial charge in [0, 0.05) is 17.6 Å². The molecule has 1 N–H and O–H groups in total. The summed E-state index contributed by atoms with van der Waals surface area (Å²) in [5.74, 6) is 0.616. The second kappa shape index (κ2) is 5.09. The average molecular weight is 298 g/mol. The summed E-state index contributed by atoms with van der Waals surface area (Å²) < 4.78 is 1.13. The Labute approximate surface area is 112 Å². The molecule has 0 amide bonds. The third-order valence-corrected chi connectivity index (χ3v) is 3.75. The van der Waals surface area contributed by atoms with E-state index in [4.69, 9.17) is 0 Å². The lowest BCUT2D eigenvalue weighted by molar-refractivity contribution is 0.0435. The van der Waals surface area contributed by atoms with Crippen LogP contribution in [-0.4, -0.2) is 35.2 Å². The van der Waals surface area contributed by atoms with Gasteiger partial charge < -0.3 is 5.11 Å². The van der Waals surface area contributed by atoms with Crippen LogP contribution in [0.5, 0.6) is 0 Å². The minimum Gasteiger partial charge on any atom is -0.389 e. The van der Waals surface area contributed by atoms with Crippen LogP contribution in [0.4, 0.5) is 0 Å². The van der Waals surface area contributed by atoms with Crippen LogP contribution in [-0.2, 0) is 0 Å². The third kappa shape index (κ3) is 3.80. The number of hydrogen-bond acceptors (Lipinski definition) is 2. The van der Waals surface area contributed by atoms with E-state index in [9.17, 15) is 5.11 Å². The minimum atomic E-state index is -0.589. The summed E-state index contributed by atoms with van der Waals surface area (Å²) in [6.07, 6.45) is 1.19. The van der Waals surface area contributed by atoms with Gasteiger partial charge in [-0.3, -0.25) is 4.90 Å². The molecule has 1 aliphatic heterocycles. The third-order valence-electron chi connectivity index (χ3n) is 3.22. The van der Waals surface area contributed by atoms with Crippen molar-refractivity contribution in [1.82, 2.24) is 4.90 Å². The summed E-state index contributed by atoms with van der Waals surface area (Å²) in [5, 5.41) is 9.82. The van der Waals surface area contributed by atoms with Gasteiger partial charge in [0.25, 0.3) is 0 Å². The molecule has 0 aromatic heterocycles. The molecule has 0 aliphatic carbocycles. The van der Waals surface area contributed by atoms with E-state index in [0.717, 1.165) is 24.1 Å². The summed E-state index contributed by atoms with van der Waals surface area (Å²) in [7, 11) is 0. The largest absolute Gasteiger partial charge is 0.389 e. The monoisotopic (exact) mass is 297 g/mol. The fourth-order valence-corrected chi connectivity index (χ4v) is 2.79. The van der Waals surface area contributed by atoms with E-state index in [1.54, 1.807) is 0 Å². The lowest BCUT2D eigenvalue weighted by Gasteiger charge is -2.25. The van der Waals surface area contributed by atoms with Crippen LogP contribution in [0, 0.1) is 0 Å². The number of rotatable bonds is 3. The summed E-state index contributed by atoms with van der Waals surface area (Å²) in [5.41, 5.74) is 0.820. The molecule has 0 bridgehead atoms.